The van der Waals surface area contributed by atoms with Crippen LogP contribution in [0.5, 0.6) is 0 Å². The number of carbonyl (C=O) groups excluding carboxylic acids is 2. The number of anilines is 1. The number of hydrogen-bond donors (Lipinski definition) is 1. The highest BCUT2D eigenvalue weighted by Gasteiger charge is 2.61. The van der Waals surface area contributed by atoms with Crippen LogP contribution in [0.3, 0.4) is 0 Å². The molecule has 3 aromatic carbocycles. The number of hydrogen-bond acceptors (Lipinski definition) is 11. The van der Waals surface area contributed by atoms with Crippen LogP contribution in [0, 0.1) is 6.92 Å². The summed E-state index contributed by atoms with van der Waals surface area (Å²) in [6.45, 7) is 20.4. The highest BCUT2D eigenvalue weighted by Crippen LogP contribution is 2.45. The monoisotopic (exact) mass is 1180 g/mol. The van der Waals surface area contributed by atoms with Gasteiger partial charge in [-0.3, -0.25) is 19.4 Å². The Balaban J connectivity index is 0.000000153. The van der Waals surface area contributed by atoms with Crippen molar-refractivity contribution >= 4 is 59.1 Å². The minimum Gasteiger partial charge on any atom is -0.335 e. The Labute approximate surface area is 472 Å². The lowest BCUT2D eigenvalue weighted by molar-refractivity contribution is -0.133. The minimum atomic E-state index is -6.81. The summed E-state index contributed by atoms with van der Waals surface area (Å²) in [6, 6.07) is 19.9. The number of pyridine rings is 2. The van der Waals surface area contributed by atoms with Crippen molar-refractivity contribution in [2.45, 2.75) is 129 Å². The van der Waals surface area contributed by atoms with Gasteiger partial charge in [0.2, 0.25) is 17.4 Å². The van der Waals surface area contributed by atoms with E-state index in [2.05, 4.69) is 75.1 Å². The zero-order chi connectivity index (χ0) is 59.5. The number of aromatic amines is 1. The number of sulfonamides is 2. The largest absolute Gasteiger partial charge is 0.517 e. The molecule has 17 nitrogen and oxygen atoms in total. The smallest absolute Gasteiger partial charge is 0.335 e. The van der Waals surface area contributed by atoms with Gasteiger partial charge in [0.25, 0.3) is 0 Å². The lowest BCUT2D eigenvalue weighted by atomic mass is 10.0. The minimum absolute atomic E-state index is 0.107. The Morgan fingerprint density at radius 2 is 1.07 bits per heavy atom. The van der Waals surface area contributed by atoms with Crippen LogP contribution in [-0.2, 0) is 55.8 Å². The number of imidazole rings is 2. The summed E-state index contributed by atoms with van der Waals surface area (Å²) in [7, 11) is -13.6. The van der Waals surface area contributed by atoms with Gasteiger partial charge < -0.3 is 28.8 Å². The van der Waals surface area contributed by atoms with E-state index in [9.17, 15) is 57.6 Å². The van der Waals surface area contributed by atoms with Crippen molar-refractivity contribution in [1.29, 1.82) is 0 Å². The van der Waals surface area contributed by atoms with Crippen molar-refractivity contribution in [3.8, 4) is 22.5 Å². The lowest BCUT2D eigenvalue weighted by Crippen LogP contribution is -2.49. The molecule has 440 valence electrons. The first-order valence-corrected chi connectivity index (χ1v) is 30.2. The molecule has 6 heterocycles. The molecule has 2 aliphatic heterocycles. The van der Waals surface area contributed by atoms with Gasteiger partial charge in [-0.25, -0.2) is 9.97 Å². The van der Waals surface area contributed by atoms with E-state index in [4.69, 9.17) is 9.97 Å². The fourth-order valence-electron chi connectivity index (χ4n) is 10.1. The third-order valence-corrected chi connectivity index (χ3v) is 18.4. The number of halogens is 6. The summed E-state index contributed by atoms with van der Waals surface area (Å²) in [4.78, 5) is 60.0. The predicted molar refractivity (Wildman–Crippen MR) is 301 cm³/mol. The first kappa shape index (κ1) is 61.0. The normalized spacial score (nSPS) is 15.4. The van der Waals surface area contributed by atoms with E-state index in [1.807, 2.05) is 48.9 Å². The van der Waals surface area contributed by atoms with Crippen LogP contribution in [0.15, 0.2) is 96.1 Å². The van der Waals surface area contributed by atoms with Gasteiger partial charge in [0, 0.05) is 96.9 Å². The highest BCUT2D eigenvalue weighted by atomic mass is 32.3. The number of rotatable bonds is 12. The van der Waals surface area contributed by atoms with Crippen LogP contribution in [0.25, 0.3) is 44.1 Å². The Hall–Kier alpha value is -7.12. The van der Waals surface area contributed by atoms with E-state index < -0.39 is 40.5 Å². The zero-order valence-electron chi connectivity index (χ0n) is 46.4. The standard InChI is InChI=1S/C22H24N4O.C21H22N4O2.C8H5F6NO4S2.C6H15N/c1-3-20(27)25-9-10-26-19(13-25)21(24-22(26)15-7-8-15)17-6-4-5-16-11-14(2)23-12-18(16)17;1-2-19(27)24-8-9-25-17(12-24)20(23-21(25)13-6-7-13)15-5-3-4-14-10-18(26)22-11-16(14)15;9-7(10,11)20(16,17)15(6-4-2-1-3-5-6)21(18,19)8(12,13)14;1-4-7(5-2)6-3/h4-6,11-12,15H,3,7-10,13H2,1-2H3;3-5,10-11,13H,2,6-9,12H2,1H3,(H,22,26);1-5H;4-6H2,1-3H3. The maximum Gasteiger partial charge on any atom is 0.517 e. The van der Waals surface area contributed by atoms with Crippen molar-refractivity contribution in [2.75, 3.05) is 36.4 Å². The Kier molecular flexibility index (Phi) is 18.4. The number of carbonyl (C=O) groups is 2. The van der Waals surface area contributed by atoms with Crippen LogP contribution in [-0.4, -0.2) is 116 Å². The molecule has 4 aliphatic rings. The van der Waals surface area contributed by atoms with Crippen molar-refractivity contribution in [1.82, 2.24) is 43.8 Å². The van der Waals surface area contributed by atoms with E-state index >= 15 is 0 Å². The number of nitrogens with one attached hydrogen (secondary N) is 1. The number of alkyl halides is 6. The maximum atomic E-state index is 12.4. The van der Waals surface area contributed by atoms with Gasteiger partial charge in [0.15, 0.2) is 0 Å². The van der Waals surface area contributed by atoms with Crippen LogP contribution < -0.4 is 9.27 Å². The zero-order valence-corrected chi connectivity index (χ0v) is 48.0. The van der Waals surface area contributed by atoms with Crippen molar-refractivity contribution in [3.05, 3.63) is 130 Å². The Morgan fingerprint density at radius 1 is 0.622 bits per heavy atom. The Morgan fingerprint density at radius 3 is 1.49 bits per heavy atom. The SMILES string of the molecule is CCC(=O)N1CCn2c(C3CC3)nc(-c3cccc4cc(=O)[nH]cc34)c2C1.CCC(=O)N1CCn2c(C3CC3)nc(-c3cccc4cc(C)ncc34)c2C1.CCN(CC)CC.O=S(=O)(N(c1ccccc1)S(=O)(=O)C(F)(F)F)C(F)(F)F. The molecule has 11 rings (SSSR count). The number of aromatic nitrogens is 6. The second-order valence-electron chi connectivity index (χ2n) is 20.2. The fraction of sp³-hybridized carbons (Fsp3) is 0.439. The first-order chi connectivity index (χ1) is 38.9. The number of para-hydroxylation sites is 1. The number of aryl methyl sites for hydroxylation is 1. The summed E-state index contributed by atoms with van der Waals surface area (Å²) >= 11 is 0. The van der Waals surface area contributed by atoms with Gasteiger partial charge in [-0.2, -0.15) is 43.2 Å². The maximum absolute atomic E-state index is 12.4. The van der Waals surface area contributed by atoms with Crippen molar-refractivity contribution in [3.63, 3.8) is 0 Å². The molecule has 0 unspecified atom stereocenters. The molecule has 2 aliphatic carbocycles. The molecule has 2 saturated carbocycles. The van der Waals surface area contributed by atoms with E-state index in [1.54, 1.807) is 12.3 Å². The quantitative estimate of drug-likeness (QED) is 0.114. The predicted octanol–water partition coefficient (Wildman–Crippen LogP) is 10.6. The van der Waals surface area contributed by atoms with Gasteiger partial charge in [-0.05, 0) is 81.2 Å². The van der Waals surface area contributed by atoms with Crippen LogP contribution in [0.2, 0.25) is 0 Å². The summed E-state index contributed by atoms with van der Waals surface area (Å²) in [5, 5.41) is 4.21. The molecule has 0 saturated heterocycles. The van der Waals surface area contributed by atoms with Gasteiger partial charge >= 0.3 is 31.1 Å². The molecule has 4 aromatic heterocycles. The lowest BCUT2D eigenvalue weighted by Gasteiger charge is -2.29. The molecule has 7 aromatic rings. The topological polar surface area (TPSA) is 197 Å². The first-order valence-electron chi connectivity index (χ1n) is 27.3. The molecular weight excluding hydrogens is 1110 g/mol. The molecule has 2 amide bonds. The molecule has 25 heteroatoms. The summed E-state index contributed by atoms with van der Waals surface area (Å²) in [5.41, 5.74) is -6.46. The molecule has 1 N–H and O–H groups in total. The fourth-order valence-corrected chi connectivity index (χ4v) is 12.8. The molecular formula is C57H66F6N10O7S2. The van der Waals surface area contributed by atoms with Crippen LogP contribution in [0.1, 0.15) is 114 Å². The number of amides is 2. The molecule has 2 fully saturated rings. The summed E-state index contributed by atoms with van der Waals surface area (Å²) < 4.78 is 122. The molecule has 82 heavy (non-hydrogen) atoms. The van der Waals surface area contributed by atoms with Crippen molar-refractivity contribution in [2.24, 2.45) is 0 Å². The number of nitrogens with zero attached hydrogens (tertiary/aromatic N) is 9. The molecule has 0 atom stereocenters. The van der Waals surface area contributed by atoms with E-state index in [0.717, 1.165) is 100 Å². The third-order valence-electron chi connectivity index (χ3n) is 14.8. The van der Waals surface area contributed by atoms with Gasteiger partial charge in [0.05, 0.1) is 41.6 Å². The van der Waals surface area contributed by atoms with E-state index in [-0.39, 0.29) is 17.4 Å². The van der Waals surface area contributed by atoms with E-state index in [0.29, 0.717) is 49.9 Å². The number of benzene rings is 3. The average Bonchev–Trinajstić information content (AvgIpc) is 4.52. The average molecular weight is 1180 g/mol. The highest BCUT2D eigenvalue weighted by molar-refractivity contribution is 8.11. The number of fused-ring (bicyclic) bond motifs is 4. The molecule has 0 spiro atoms. The van der Waals surface area contributed by atoms with Crippen LogP contribution >= 0.6 is 0 Å². The third kappa shape index (κ3) is 12.9. The van der Waals surface area contributed by atoms with Crippen LogP contribution in [0.4, 0.5) is 32.0 Å². The van der Waals surface area contributed by atoms with Gasteiger partial charge in [-0.1, -0.05) is 89.2 Å². The molecule has 0 radical (unpaired) electrons. The second-order valence-corrected chi connectivity index (χ2v) is 24.0. The Bertz CT molecular complexity index is 3690. The molecule has 0 bridgehead atoms. The number of H-pyrrole nitrogens is 1. The van der Waals surface area contributed by atoms with Crippen molar-refractivity contribution < 1.29 is 52.8 Å². The van der Waals surface area contributed by atoms with Gasteiger partial charge in [-0.15, -0.1) is 3.71 Å². The van der Waals surface area contributed by atoms with E-state index in [1.165, 1.54) is 62.2 Å². The second kappa shape index (κ2) is 24.8. The summed E-state index contributed by atoms with van der Waals surface area (Å²) in [6.07, 6.45) is 9.64. The van der Waals surface area contributed by atoms with Gasteiger partial charge in [0.1, 0.15) is 11.6 Å². The summed E-state index contributed by atoms with van der Waals surface area (Å²) in [5.74, 6) is 3.90.